The molecule has 2 N–H and O–H groups in total. The van der Waals surface area contributed by atoms with Crippen molar-refractivity contribution in [3.05, 3.63) is 29.3 Å². The van der Waals surface area contributed by atoms with Crippen molar-refractivity contribution < 1.29 is 9.84 Å². The van der Waals surface area contributed by atoms with Gasteiger partial charge in [-0.15, -0.1) is 0 Å². The van der Waals surface area contributed by atoms with Gasteiger partial charge >= 0.3 is 0 Å². The Labute approximate surface area is 131 Å². The van der Waals surface area contributed by atoms with Crippen LogP contribution in [0, 0.1) is 0 Å². The number of rotatable bonds is 3. The average molecular weight is 311 g/mol. The van der Waals surface area contributed by atoms with Crippen LogP contribution >= 0.6 is 11.6 Å². The Bertz CT molecular complexity index is 446. The van der Waals surface area contributed by atoms with E-state index in [1.807, 2.05) is 12.1 Å². The largest absolute Gasteiger partial charge is 0.389 e. The van der Waals surface area contributed by atoms with Gasteiger partial charge in [0.15, 0.2) is 0 Å². The molecule has 0 amide bonds. The van der Waals surface area contributed by atoms with Crippen LogP contribution in [0.1, 0.15) is 19.3 Å². The summed E-state index contributed by atoms with van der Waals surface area (Å²) in [6.45, 7) is 3.29. The van der Waals surface area contributed by atoms with Gasteiger partial charge in [0.25, 0.3) is 0 Å². The summed E-state index contributed by atoms with van der Waals surface area (Å²) in [5.74, 6) is 0. The summed E-state index contributed by atoms with van der Waals surface area (Å²) in [6.07, 6.45) is 2.74. The number of aliphatic hydroxyl groups is 1. The third-order valence-electron chi connectivity index (χ3n) is 4.46. The fraction of sp³-hybridized carbons (Fsp3) is 0.625. The maximum absolute atomic E-state index is 9.95. The first-order valence-corrected chi connectivity index (χ1v) is 8.12. The van der Waals surface area contributed by atoms with Gasteiger partial charge in [-0.3, -0.25) is 0 Å². The zero-order valence-electron chi connectivity index (χ0n) is 12.2. The molecule has 4 nitrogen and oxygen atoms in total. The molecule has 2 saturated heterocycles. The Morgan fingerprint density at radius 3 is 2.52 bits per heavy atom. The van der Waals surface area contributed by atoms with Crippen molar-refractivity contribution in [3.63, 3.8) is 0 Å². The third-order valence-corrected chi connectivity index (χ3v) is 4.71. The topological polar surface area (TPSA) is 44.7 Å². The highest BCUT2D eigenvalue weighted by molar-refractivity contribution is 6.30. The number of hydrogen-bond acceptors (Lipinski definition) is 4. The van der Waals surface area contributed by atoms with E-state index in [4.69, 9.17) is 16.3 Å². The van der Waals surface area contributed by atoms with Crippen molar-refractivity contribution in [1.29, 1.82) is 0 Å². The van der Waals surface area contributed by atoms with E-state index in [2.05, 4.69) is 22.3 Å². The summed E-state index contributed by atoms with van der Waals surface area (Å²) in [6, 6.07) is 8.73. The molecule has 0 radical (unpaired) electrons. The minimum atomic E-state index is -0.368. The molecular weight excluding hydrogens is 288 g/mol. The summed E-state index contributed by atoms with van der Waals surface area (Å²) in [5, 5.41) is 14.3. The normalized spacial score (nSPS) is 27.8. The Hall–Kier alpha value is -0.810. The fourth-order valence-corrected chi connectivity index (χ4v) is 3.30. The predicted molar refractivity (Wildman–Crippen MR) is 85.1 cm³/mol. The molecule has 2 heterocycles. The van der Waals surface area contributed by atoms with Crippen LogP contribution in [-0.4, -0.2) is 49.6 Å². The minimum Gasteiger partial charge on any atom is -0.389 e. The molecule has 2 fully saturated rings. The fourth-order valence-electron chi connectivity index (χ4n) is 3.18. The third kappa shape index (κ3) is 3.89. The summed E-state index contributed by atoms with van der Waals surface area (Å²) in [7, 11) is 0. The number of ether oxygens (including phenoxy) is 1. The van der Waals surface area contributed by atoms with Crippen LogP contribution < -0.4 is 10.2 Å². The molecule has 2 aliphatic rings. The Kier molecular flexibility index (Phi) is 5.01. The maximum Gasteiger partial charge on any atom is 0.0927 e. The molecule has 0 aromatic heterocycles. The van der Waals surface area contributed by atoms with Crippen molar-refractivity contribution in [3.8, 4) is 0 Å². The van der Waals surface area contributed by atoms with E-state index in [-0.39, 0.29) is 12.1 Å². The SMILES string of the molecule is O[C@@H]1COCC[C@H]1NC1CCN(c2ccc(Cl)cc2)CC1. The summed E-state index contributed by atoms with van der Waals surface area (Å²) in [5.41, 5.74) is 1.24. The lowest BCUT2D eigenvalue weighted by Gasteiger charge is -2.38. The van der Waals surface area contributed by atoms with Crippen LogP contribution in [0.3, 0.4) is 0 Å². The number of nitrogens with zero attached hydrogens (tertiary/aromatic N) is 1. The number of nitrogens with one attached hydrogen (secondary N) is 1. The van der Waals surface area contributed by atoms with Gasteiger partial charge in [0, 0.05) is 42.5 Å². The van der Waals surface area contributed by atoms with Crippen LogP contribution in [0.15, 0.2) is 24.3 Å². The van der Waals surface area contributed by atoms with Crippen molar-refractivity contribution in [2.24, 2.45) is 0 Å². The van der Waals surface area contributed by atoms with Crippen LogP contribution in [0.4, 0.5) is 5.69 Å². The van der Waals surface area contributed by atoms with Gasteiger partial charge in [-0.05, 0) is 43.5 Å². The first-order valence-electron chi connectivity index (χ1n) is 7.75. The van der Waals surface area contributed by atoms with E-state index in [0.717, 1.165) is 44.0 Å². The molecule has 1 aromatic rings. The zero-order chi connectivity index (χ0) is 14.7. The van der Waals surface area contributed by atoms with Gasteiger partial charge in [-0.25, -0.2) is 0 Å². The number of hydrogen-bond donors (Lipinski definition) is 2. The van der Waals surface area contributed by atoms with E-state index in [1.54, 1.807) is 0 Å². The van der Waals surface area contributed by atoms with Crippen molar-refractivity contribution in [1.82, 2.24) is 5.32 Å². The van der Waals surface area contributed by atoms with Crippen LogP contribution in [-0.2, 0) is 4.74 Å². The van der Waals surface area contributed by atoms with Gasteiger partial charge in [0.2, 0.25) is 0 Å². The van der Waals surface area contributed by atoms with Gasteiger partial charge in [-0.2, -0.15) is 0 Å². The van der Waals surface area contributed by atoms with E-state index in [0.29, 0.717) is 12.6 Å². The Morgan fingerprint density at radius 2 is 1.86 bits per heavy atom. The van der Waals surface area contributed by atoms with Crippen LogP contribution in [0.25, 0.3) is 0 Å². The van der Waals surface area contributed by atoms with Crippen LogP contribution in [0.2, 0.25) is 5.02 Å². The second kappa shape index (κ2) is 6.97. The molecular formula is C16H23ClN2O2. The average Bonchev–Trinajstić information content (AvgIpc) is 2.51. The molecule has 1 aromatic carbocycles. The van der Waals surface area contributed by atoms with E-state index in [1.165, 1.54) is 5.69 Å². The van der Waals surface area contributed by atoms with Gasteiger partial charge in [-0.1, -0.05) is 11.6 Å². The molecule has 3 rings (SSSR count). The molecule has 2 atom stereocenters. The minimum absolute atomic E-state index is 0.186. The highest BCUT2D eigenvalue weighted by Crippen LogP contribution is 2.22. The molecule has 2 aliphatic heterocycles. The molecule has 0 bridgehead atoms. The zero-order valence-corrected chi connectivity index (χ0v) is 12.9. The Morgan fingerprint density at radius 1 is 1.14 bits per heavy atom. The van der Waals surface area contributed by atoms with Crippen LogP contribution in [0.5, 0.6) is 0 Å². The molecule has 0 spiro atoms. The monoisotopic (exact) mass is 310 g/mol. The van der Waals surface area contributed by atoms with Crippen molar-refractivity contribution in [2.75, 3.05) is 31.2 Å². The lowest BCUT2D eigenvalue weighted by molar-refractivity contribution is -0.0309. The van der Waals surface area contributed by atoms with Gasteiger partial charge < -0.3 is 20.1 Å². The standard InChI is InChI=1S/C16H23ClN2O2/c17-12-1-3-14(4-2-12)19-8-5-13(6-9-19)18-15-7-10-21-11-16(15)20/h1-4,13,15-16,18,20H,5-11H2/t15-,16-/m1/s1. The van der Waals surface area contributed by atoms with Crippen molar-refractivity contribution >= 4 is 17.3 Å². The second-order valence-corrected chi connectivity index (χ2v) is 6.38. The second-order valence-electron chi connectivity index (χ2n) is 5.94. The molecule has 116 valence electrons. The van der Waals surface area contributed by atoms with Gasteiger partial charge in [0.05, 0.1) is 12.7 Å². The molecule has 0 aliphatic carbocycles. The molecule has 5 heteroatoms. The van der Waals surface area contributed by atoms with E-state index >= 15 is 0 Å². The first-order chi connectivity index (χ1) is 10.2. The summed E-state index contributed by atoms with van der Waals surface area (Å²) < 4.78 is 5.28. The summed E-state index contributed by atoms with van der Waals surface area (Å²) in [4.78, 5) is 2.40. The summed E-state index contributed by atoms with van der Waals surface area (Å²) >= 11 is 5.93. The number of benzene rings is 1. The van der Waals surface area contributed by atoms with Gasteiger partial charge in [0.1, 0.15) is 0 Å². The van der Waals surface area contributed by atoms with Crippen molar-refractivity contribution in [2.45, 2.75) is 37.5 Å². The highest BCUT2D eigenvalue weighted by Gasteiger charge is 2.27. The number of halogens is 1. The quantitative estimate of drug-likeness (QED) is 0.897. The van der Waals surface area contributed by atoms with E-state index in [9.17, 15) is 5.11 Å². The lowest BCUT2D eigenvalue weighted by Crippen LogP contribution is -2.53. The highest BCUT2D eigenvalue weighted by atomic mass is 35.5. The predicted octanol–water partition coefficient (Wildman–Crippen LogP) is 2.05. The molecule has 0 unspecified atom stereocenters. The molecule has 0 saturated carbocycles. The Balaban J connectivity index is 1.49. The smallest absolute Gasteiger partial charge is 0.0927 e. The lowest BCUT2D eigenvalue weighted by atomic mass is 9.99. The van der Waals surface area contributed by atoms with E-state index < -0.39 is 0 Å². The first kappa shape index (κ1) is 15.1. The number of anilines is 1. The molecule has 21 heavy (non-hydrogen) atoms. The number of aliphatic hydroxyl groups excluding tert-OH is 1. The number of piperidine rings is 1. The maximum atomic E-state index is 9.95.